The van der Waals surface area contributed by atoms with Crippen molar-refractivity contribution < 1.29 is 14.2 Å². The van der Waals surface area contributed by atoms with E-state index in [-0.39, 0.29) is 6.23 Å². The van der Waals surface area contributed by atoms with Crippen LogP contribution < -0.4 is 14.4 Å². The van der Waals surface area contributed by atoms with Gasteiger partial charge >= 0.3 is 0 Å². The van der Waals surface area contributed by atoms with Crippen LogP contribution in [0.1, 0.15) is 18.7 Å². The quantitative estimate of drug-likeness (QED) is 0.649. The summed E-state index contributed by atoms with van der Waals surface area (Å²) < 4.78 is 19.2. The second kappa shape index (κ2) is 7.76. The lowest BCUT2D eigenvalue weighted by Crippen LogP contribution is -2.22. The largest absolute Gasteiger partial charge is 0.497 e. The zero-order valence-electron chi connectivity index (χ0n) is 15.7. The molecule has 0 unspecified atom stereocenters. The fourth-order valence-electron chi connectivity index (χ4n) is 3.44. The van der Waals surface area contributed by atoms with Crippen LogP contribution in [0.5, 0.6) is 11.5 Å². The first-order chi connectivity index (χ1) is 13.3. The molecule has 27 heavy (non-hydrogen) atoms. The van der Waals surface area contributed by atoms with Gasteiger partial charge in [-0.3, -0.25) is 0 Å². The van der Waals surface area contributed by atoms with Crippen LogP contribution in [0.25, 0.3) is 5.69 Å². The molecule has 1 aliphatic rings. The van der Waals surface area contributed by atoms with Crippen molar-refractivity contribution in [3.63, 3.8) is 0 Å². The number of methoxy groups -OCH3 is 1. The van der Waals surface area contributed by atoms with E-state index in [2.05, 4.69) is 46.1 Å². The van der Waals surface area contributed by atoms with E-state index in [9.17, 15) is 0 Å². The molecule has 0 amide bonds. The molecule has 5 nitrogen and oxygen atoms in total. The molecule has 1 saturated heterocycles. The fraction of sp³-hybridized carbons (Fsp3) is 0.273. The van der Waals surface area contributed by atoms with Gasteiger partial charge in [-0.15, -0.1) is 0 Å². The van der Waals surface area contributed by atoms with Crippen molar-refractivity contribution in [3.8, 4) is 17.2 Å². The van der Waals surface area contributed by atoms with Gasteiger partial charge in [0.15, 0.2) is 6.23 Å². The summed E-state index contributed by atoms with van der Waals surface area (Å²) in [4.78, 5) is 2.27. The van der Waals surface area contributed by atoms with Crippen LogP contribution in [0.15, 0.2) is 67.0 Å². The maximum Gasteiger partial charge on any atom is 0.158 e. The standard InChI is InChI=1S/C22H24N2O3/c1-3-26-21-7-5-4-6-20(21)23-13-12-17(16-23)22-24(14-15-27-22)18-8-10-19(25-2)11-9-18/h4-13,16,22H,3,14-15H2,1-2H3/t22-/m0/s1. The molecule has 140 valence electrons. The minimum absolute atomic E-state index is 0.0982. The lowest BCUT2D eigenvalue weighted by Gasteiger charge is -2.24. The lowest BCUT2D eigenvalue weighted by molar-refractivity contribution is 0.114. The summed E-state index contributed by atoms with van der Waals surface area (Å²) in [6, 6.07) is 18.3. The molecule has 4 rings (SSSR count). The molecule has 1 aliphatic heterocycles. The predicted octanol–water partition coefficient (Wildman–Crippen LogP) is 4.42. The molecule has 0 N–H and O–H groups in total. The molecule has 0 bridgehead atoms. The van der Waals surface area contributed by atoms with Crippen molar-refractivity contribution in [1.29, 1.82) is 0 Å². The first kappa shape index (κ1) is 17.5. The zero-order chi connectivity index (χ0) is 18.6. The highest BCUT2D eigenvalue weighted by Crippen LogP contribution is 2.34. The molecule has 2 heterocycles. The zero-order valence-corrected chi connectivity index (χ0v) is 15.7. The first-order valence-electron chi connectivity index (χ1n) is 9.22. The van der Waals surface area contributed by atoms with Gasteiger partial charge in [0.2, 0.25) is 0 Å². The maximum absolute atomic E-state index is 6.04. The van der Waals surface area contributed by atoms with Gasteiger partial charge in [-0.25, -0.2) is 0 Å². The van der Waals surface area contributed by atoms with Crippen LogP contribution in [-0.4, -0.2) is 31.4 Å². The van der Waals surface area contributed by atoms with Crippen LogP contribution in [0, 0.1) is 0 Å². The number of anilines is 1. The molecule has 3 aromatic rings. The maximum atomic E-state index is 6.04. The Balaban J connectivity index is 1.60. The number of aromatic nitrogens is 1. The Labute approximate surface area is 159 Å². The Hall–Kier alpha value is -2.92. The predicted molar refractivity (Wildman–Crippen MR) is 106 cm³/mol. The molecule has 0 saturated carbocycles. The summed E-state index contributed by atoms with van der Waals surface area (Å²) in [5, 5.41) is 0. The molecular formula is C22H24N2O3. The third-order valence-electron chi connectivity index (χ3n) is 4.74. The number of hydrogen-bond donors (Lipinski definition) is 0. The Bertz CT molecular complexity index is 889. The number of hydrogen-bond acceptors (Lipinski definition) is 4. The molecule has 0 radical (unpaired) electrons. The van der Waals surface area contributed by atoms with E-state index < -0.39 is 0 Å². The molecule has 0 aliphatic carbocycles. The third kappa shape index (κ3) is 3.51. The number of rotatable bonds is 6. The number of ether oxygens (including phenoxy) is 3. The van der Waals surface area contributed by atoms with Gasteiger partial charge in [0.05, 0.1) is 26.0 Å². The third-order valence-corrected chi connectivity index (χ3v) is 4.74. The Morgan fingerprint density at radius 3 is 2.67 bits per heavy atom. The van der Waals surface area contributed by atoms with Gasteiger partial charge < -0.3 is 23.7 Å². The van der Waals surface area contributed by atoms with E-state index in [4.69, 9.17) is 14.2 Å². The van der Waals surface area contributed by atoms with E-state index in [1.165, 1.54) is 0 Å². The van der Waals surface area contributed by atoms with Crippen LogP contribution >= 0.6 is 0 Å². The van der Waals surface area contributed by atoms with Crippen molar-refractivity contribution in [3.05, 3.63) is 72.6 Å². The summed E-state index contributed by atoms with van der Waals surface area (Å²) in [6.45, 7) is 4.20. The van der Waals surface area contributed by atoms with E-state index in [1.807, 2.05) is 37.3 Å². The highest BCUT2D eigenvalue weighted by Gasteiger charge is 2.28. The number of benzene rings is 2. The average molecular weight is 364 g/mol. The normalized spacial score (nSPS) is 16.5. The molecule has 0 spiro atoms. The highest BCUT2D eigenvalue weighted by molar-refractivity contribution is 5.52. The van der Waals surface area contributed by atoms with Crippen molar-refractivity contribution >= 4 is 5.69 Å². The van der Waals surface area contributed by atoms with Crippen molar-refractivity contribution in [1.82, 2.24) is 4.57 Å². The minimum Gasteiger partial charge on any atom is -0.497 e. The van der Waals surface area contributed by atoms with E-state index in [0.717, 1.165) is 35.0 Å². The molecule has 2 aromatic carbocycles. The highest BCUT2D eigenvalue weighted by atomic mass is 16.5. The van der Waals surface area contributed by atoms with Crippen LogP contribution in [0.3, 0.4) is 0 Å². The molecule has 1 atom stereocenters. The van der Waals surface area contributed by atoms with Crippen molar-refractivity contribution in [2.75, 3.05) is 31.8 Å². The number of nitrogens with zero attached hydrogens (tertiary/aromatic N) is 2. The summed E-state index contributed by atoms with van der Waals surface area (Å²) in [6.07, 6.45) is 4.07. The Morgan fingerprint density at radius 2 is 1.89 bits per heavy atom. The van der Waals surface area contributed by atoms with Gasteiger partial charge in [0, 0.05) is 30.2 Å². The molecule has 1 fully saturated rings. The smallest absolute Gasteiger partial charge is 0.158 e. The van der Waals surface area contributed by atoms with E-state index >= 15 is 0 Å². The Morgan fingerprint density at radius 1 is 1.07 bits per heavy atom. The second-order valence-corrected chi connectivity index (χ2v) is 6.37. The first-order valence-corrected chi connectivity index (χ1v) is 9.22. The van der Waals surface area contributed by atoms with Crippen molar-refractivity contribution in [2.24, 2.45) is 0 Å². The van der Waals surface area contributed by atoms with Crippen LogP contribution in [0.2, 0.25) is 0 Å². The summed E-state index contributed by atoms with van der Waals surface area (Å²) in [5.41, 5.74) is 3.27. The van der Waals surface area contributed by atoms with Gasteiger partial charge in [-0.1, -0.05) is 12.1 Å². The SMILES string of the molecule is CCOc1ccccc1-n1ccc([C@@H]2OCCN2c2ccc(OC)cc2)c1. The molecule has 5 heteroatoms. The summed E-state index contributed by atoms with van der Waals surface area (Å²) >= 11 is 0. The van der Waals surface area contributed by atoms with Gasteiger partial charge in [-0.05, 0) is 49.4 Å². The fourth-order valence-corrected chi connectivity index (χ4v) is 3.44. The van der Waals surface area contributed by atoms with E-state index in [1.54, 1.807) is 7.11 Å². The summed E-state index contributed by atoms with van der Waals surface area (Å²) in [5.74, 6) is 1.73. The van der Waals surface area contributed by atoms with Gasteiger partial charge in [-0.2, -0.15) is 0 Å². The lowest BCUT2D eigenvalue weighted by atomic mass is 10.2. The minimum atomic E-state index is -0.0982. The molecule has 1 aromatic heterocycles. The second-order valence-electron chi connectivity index (χ2n) is 6.37. The average Bonchev–Trinajstić information content (AvgIpc) is 3.38. The van der Waals surface area contributed by atoms with Crippen LogP contribution in [0.4, 0.5) is 5.69 Å². The van der Waals surface area contributed by atoms with Gasteiger partial charge in [0.25, 0.3) is 0 Å². The summed E-state index contributed by atoms with van der Waals surface area (Å²) in [7, 11) is 1.68. The van der Waals surface area contributed by atoms with E-state index in [0.29, 0.717) is 13.2 Å². The Kier molecular flexibility index (Phi) is 5.03. The number of para-hydroxylation sites is 2. The van der Waals surface area contributed by atoms with Crippen LogP contribution in [-0.2, 0) is 4.74 Å². The van der Waals surface area contributed by atoms with Crippen molar-refractivity contribution in [2.45, 2.75) is 13.2 Å². The topological polar surface area (TPSA) is 35.9 Å². The monoisotopic (exact) mass is 364 g/mol. The molecular weight excluding hydrogens is 340 g/mol. The van der Waals surface area contributed by atoms with Gasteiger partial charge in [0.1, 0.15) is 11.5 Å².